The maximum Gasteiger partial charge on any atom is 0.226 e. The van der Waals surface area contributed by atoms with Crippen molar-refractivity contribution in [3.63, 3.8) is 0 Å². The summed E-state index contributed by atoms with van der Waals surface area (Å²) >= 11 is 0. The van der Waals surface area contributed by atoms with Crippen molar-refractivity contribution in [2.45, 2.75) is 19.0 Å². The zero-order valence-electron chi connectivity index (χ0n) is 13.4. The van der Waals surface area contributed by atoms with Gasteiger partial charge in [-0.05, 0) is 23.3 Å². The zero-order valence-corrected chi connectivity index (χ0v) is 13.4. The second-order valence-corrected chi connectivity index (χ2v) is 6.02. The summed E-state index contributed by atoms with van der Waals surface area (Å²) in [6, 6.07) is 15.2. The summed E-state index contributed by atoms with van der Waals surface area (Å²) in [5, 5.41) is 2.90. The zero-order chi connectivity index (χ0) is 17.1. The number of carbonyl (C=O) groups excluding carboxylic acids is 2. The SMILES string of the molecule is CN1C(=O)C[C@@H](C(=O)NCc2ccccc2)[C@@H]1c1ccc(F)cc1. The summed E-state index contributed by atoms with van der Waals surface area (Å²) in [6.07, 6.45) is 0.166. The van der Waals surface area contributed by atoms with Gasteiger partial charge < -0.3 is 10.2 Å². The normalized spacial score (nSPS) is 20.2. The van der Waals surface area contributed by atoms with Crippen LogP contribution in [0.15, 0.2) is 54.6 Å². The van der Waals surface area contributed by atoms with Crippen molar-refractivity contribution in [3.05, 3.63) is 71.5 Å². The first kappa shape index (κ1) is 16.2. The number of amides is 2. The van der Waals surface area contributed by atoms with Gasteiger partial charge in [-0.25, -0.2) is 4.39 Å². The molecule has 1 aliphatic rings. The Balaban J connectivity index is 1.75. The van der Waals surface area contributed by atoms with Gasteiger partial charge in [0.1, 0.15) is 5.82 Å². The first-order valence-electron chi connectivity index (χ1n) is 7.89. The van der Waals surface area contributed by atoms with Gasteiger partial charge in [0.15, 0.2) is 0 Å². The van der Waals surface area contributed by atoms with E-state index in [-0.39, 0.29) is 30.1 Å². The van der Waals surface area contributed by atoms with E-state index >= 15 is 0 Å². The molecule has 1 N–H and O–H groups in total. The smallest absolute Gasteiger partial charge is 0.226 e. The predicted molar refractivity (Wildman–Crippen MR) is 88.3 cm³/mol. The summed E-state index contributed by atoms with van der Waals surface area (Å²) in [6.45, 7) is 0.421. The van der Waals surface area contributed by atoms with E-state index in [0.29, 0.717) is 6.54 Å². The van der Waals surface area contributed by atoms with E-state index in [0.717, 1.165) is 11.1 Å². The van der Waals surface area contributed by atoms with E-state index in [1.165, 1.54) is 12.1 Å². The largest absolute Gasteiger partial charge is 0.352 e. The van der Waals surface area contributed by atoms with E-state index in [4.69, 9.17) is 0 Å². The maximum atomic E-state index is 13.2. The molecule has 5 heteroatoms. The van der Waals surface area contributed by atoms with Crippen LogP contribution in [0.25, 0.3) is 0 Å². The lowest BCUT2D eigenvalue weighted by atomic mass is 9.93. The van der Waals surface area contributed by atoms with Gasteiger partial charge in [0, 0.05) is 20.0 Å². The van der Waals surface area contributed by atoms with Crippen LogP contribution >= 0.6 is 0 Å². The number of nitrogens with zero attached hydrogens (tertiary/aromatic N) is 1. The average molecular weight is 326 g/mol. The van der Waals surface area contributed by atoms with Gasteiger partial charge in [-0.2, -0.15) is 0 Å². The minimum Gasteiger partial charge on any atom is -0.352 e. The highest BCUT2D eigenvalue weighted by atomic mass is 19.1. The molecule has 2 amide bonds. The molecule has 1 heterocycles. The van der Waals surface area contributed by atoms with E-state index in [1.54, 1.807) is 24.1 Å². The molecule has 0 unspecified atom stereocenters. The molecule has 0 saturated carbocycles. The molecule has 124 valence electrons. The van der Waals surface area contributed by atoms with E-state index in [1.807, 2.05) is 30.3 Å². The molecule has 2 atom stereocenters. The third-order valence-electron chi connectivity index (χ3n) is 4.44. The van der Waals surface area contributed by atoms with Gasteiger partial charge in [0.25, 0.3) is 0 Å². The maximum absolute atomic E-state index is 13.2. The fraction of sp³-hybridized carbons (Fsp3) is 0.263. The molecule has 3 rings (SSSR count). The molecule has 1 fully saturated rings. The molecule has 0 radical (unpaired) electrons. The topological polar surface area (TPSA) is 49.4 Å². The molecule has 0 bridgehead atoms. The molecule has 1 saturated heterocycles. The molecule has 4 nitrogen and oxygen atoms in total. The number of halogens is 1. The number of carbonyl (C=O) groups is 2. The third-order valence-corrected chi connectivity index (χ3v) is 4.44. The first-order chi connectivity index (χ1) is 11.6. The fourth-order valence-corrected chi connectivity index (χ4v) is 3.14. The van der Waals surface area contributed by atoms with Crippen LogP contribution in [-0.2, 0) is 16.1 Å². The highest BCUT2D eigenvalue weighted by Gasteiger charge is 2.42. The number of hydrogen-bond donors (Lipinski definition) is 1. The predicted octanol–water partition coefficient (Wildman–Crippen LogP) is 2.66. The Kier molecular flexibility index (Phi) is 4.60. The Morgan fingerprint density at radius 2 is 1.83 bits per heavy atom. The van der Waals surface area contributed by atoms with Crippen LogP contribution in [0.2, 0.25) is 0 Å². The Bertz CT molecular complexity index is 731. The van der Waals surface area contributed by atoms with Gasteiger partial charge in [0.2, 0.25) is 11.8 Å². The minimum absolute atomic E-state index is 0.0795. The van der Waals surface area contributed by atoms with Gasteiger partial charge in [-0.3, -0.25) is 9.59 Å². The number of nitrogens with one attached hydrogen (secondary N) is 1. The number of hydrogen-bond acceptors (Lipinski definition) is 2. The molecule has 0 aromatic heterocycles. The highest BCUT2D eigenvalue weighted by molar-refractivity contribution is 5.90. The number of benzene rings is 2. The Labute approximate surface area is 140 Å². The van der Waals surface area contributed by atoms with Crippen LogP contribution in [0.1, 0.15) is 23.6 Å². The highest BCUT2D eigenvalue weighted by Crippen LogP contribution is 2.37. The number of rotatable bonds is 4. The molecule has 0 aliphatic carbocycles. The fourth-order valence-electron chi connectivity index (χ4n) is 3.14. The van der Waals surface area contributed by atoms with Crippen LogP contribution in [0.4, 0.5) is 4.39 Å². The third kappa shape index (κ3) is 3.30. The lowest BCUT2D eigenvalue weighted by Crippen LogP contribution is -2.34. The van der Waals surface area contributed by atoms with Crippen LogP contribution in [0.5, 0.6) is 0 Å². The Morgan fingerprint density at radius 1 is 1.17 bits per heavy atom. The standard InChI is InChI=1S/C19H19FN2O2/c1-22-17(23)11-16(18(22)14-7-9-15(20)10-8-14)19(24)21-12-13-5-3-2-4-6-13/h2-10,16,18H,11-12H2,1H3,(H,21,24)/t16-,18+/m1/s1. The van der Waals surface area contributed by atoms with Crippen molar-refractivity contribution < 1.29 is 14.0 Å². The van der Waals surface area contributed by atoms with Crippen LogP contribution in [0.3, 0.4) is 0 Å². The molecule has 1 aliphatic heterocycles. The van der Waals surface area contributed by atoms with Gasteiger partial charge in [0.05, 0.1) is 12.0 Å². The van der Waals surface area contributed by atoms with Crippen LogP contribution in [-0.4, -0.2) is 23.8 Å². The van der Waals surface area contributed by atoms with Crippen molar-refractivity contribution in [3.8, 4) is 0 Å². The lowest BCUT2D eigenvalue weighted by molar-refractivity contribution is -0.128. The van der Waals surface area contributed by atoms with Gasteiger partial charge in [-0.15, -0.1) is 0 Å². The monoisotopic (exact) mass is 326 g/mol. The van der Waals surface area contributed by atoms with E-state index < -0.39 is 5.92 Å². The van der Waals surface area contributed by atoms with E-state index in [9.17, 15) is 14.0 Å². The second-order valence-electron chi connectivity index (χ2n) is 6.02. The lowest BCUT2D eigenvalue weighted by Gasteiger charge is -2.25. The first-order valence-corrected chi connectivity index (χ1v) is 7.89. The molecular weight excluding hydrogens is 307 g/mol. The summed E-state index contributed by atoms with van der Waals surface area (Å²) in [4.78, 5) is 26.3. The van der Waals surface area contributed by atoms with Gasteiger partial charge >= 0.3 is 0 Å². The summed E-state index contributed by atoms with van der Waals surface area (Å²) in [5.41, 5.74) is 1.77. The molecule has 2 aromatic rings. The van der Waals surface area contributed by atoms with Gasteiger partial charge in [-0.1, -0.05) is 42.5 Å². The molecule has 2 aromatic carbocycles. The van der Waals surface area contributed by atoms with Crippen molar-refractivity contribution >= 4 is 11.8 Å². The van der Waals surface area contributed by atoms with Crippen molar-refractivity contribution in [1.82, 2.24) is 10.2 Å². The van der Waals surface area contributed by atoms with E-state index in [2.05, 4.69) is 5.32 Å². The Morgan fingerprint density at radius 3 is 2.50 bits per heavy atom. The average Bonchev–Trinajstić information content (AvgIpc) is 2.90. The quantitative estimate of drug-likeness (QED) is 0.939. The Hall–Kier alpha value is -2.69. The summed E-state index contributed by atoms with van der Waals surface area (Å²) in [7, 11) is 1.68. The molecule has 0 spiro atoms. The summed E-state index contributed by atoms with van der Waals surface area (Å²) in [5.74, 6) is -1.05. The molecule has 24 heavy (non-hydrogen) atoms. The second kappa shape index (κ2) is 6.83. The minimum atomic E-state index is -0.475. The van der Waals surface area contributed by atoms with Crippen LogP contribution < -0.4 is 5.32 Å². The number of likely N-dealkylation sites (tertiary alicyclic amines) is 1. The van der Waals surface area contributed by atoms with Crippen LogP contribution in [0, 0.1) is 11.7 Å². The van der Waals surface area contributed by atoms with Crippen molar-refractivity contribution in [2.75, 3.05) is 7.05 Å². The van der Waals surface area contributed by atoms with Crippen molar-refractivity contribution in [2.24, 2.45) is 5.92 Å². The molecular formula is C19H19FN2O2. The van der Waals surface area contributed by atoms with Crippen molar-refractivity contribution in [1.29, 1.82) is 0 Å². The summed E-state index contributed by atoms with van der Waals surface area (Å²) < 4.78 is 13.2.